The van der Waals surface area contributed by atoms with E-state index in [0.717, 1.165) is 5.56 Å². The van der Waals surface area contributed by atoms with Crippen LogP contribution in [0.3, 0.4) is 0 Å². The van der Waals surface area contributed by atoms with Crippen molar-refractivity contribution in [3.8, 4) is 0 Å². The first kappa shape index (κ1) is 13.9. The standard InChI is InChI=1S/C14H14F2N4O/c1-14(12(15)16)8-19-4-3-11(20(19)13(14)21)9-5-10(17-2)7-18-6-9/h5-7,11-12H,3-4,8H2,1H3/t11-,14+/m0/s1. The second-order valence-corrected chi connectivity index (χ2v) is 5.65. The summed E-state index contributed by atoms with van der Waals surface area (Å²) in [5.74, 6) is -0.548. The second kappa shape index (κ2) is 4.74. The summed E-state index contributed by atoms with van der Waals surface area (Å²) in [7, 11) is 0. The third-order valence-electron chi connectivity index (χ3n) is 4.21. The minimum atomic E-state index is -2.69. The molecule has 0 saturated carbocycles. The van der Waals surface area contributed by atoms with Gasteiger partial charge in [-0.2, -0.15) is 0 Å². The topological polar surface area (TPSA) is 40.8 Å². The number of pyridine rings is 1. The quantitative estimate of drug-likeness (QED) is 0.786. The fourth-order valence-corrected chi connectivity index (χ4v) is 2.99. The number of aromatic nitrogens is 1. The Bertz CT molecular complexity index is 630. The molecule has 1 aromatic heterocycles. The Labute approximate surface area is 121 Å². The molecule has 0 unspecified atom stereocenters. The molecule has 3 heterocycles. The highest BCUT2D eigenvalue weighted by molar-refractivity contribution is 5.85. The Morgan fingerprint density at radius 3 is 2.95 bits per heavy atom. The maximum absolute atomic E-state index is 13.2. The number of carbonyl (C=O) groups is 1. The smallest absolute Gasteiger partial charge is 0.254 e. The maximum Gasteiger partial charge on any atom is 0.254 e. The number of carbonyl (C=O) groups excluding carboxylic acids is 1. The number of alkyl halides is 2. The fraction of sp³-hybridized carbons (Fsp3) is 0.500. The summed E-state index contributed by atoms with van der Waals surface area (Å²) in [5, 5.41) is 3.11. The van der Waals surface area contributed by atoms with E-state index in [1.165, 1.54) is 18.1 Å². The third-order valence-corrected chi connectivity index (χ3v) is 4.21. The monoisotopic (exact) mass is 292 g/mol. The summed E-state index contributed by atoms with van der Waals surface area (Å²) in [6, 6.07) is 1.35. The SMILES string of the molecule is [C-]#[N+]c1cncc([C@@H]2CCN3C[C@](C)(C(F)F)C(=O)N23)c1. The van der Waals surface area contributed by atoms with Crippen molar-refractivity contribution in [3.63, 3.8) is 0 Å². The van der Waals surface area contributed by atoms with Crippen molar-refractivity contribution >= 4 is 11.6 Å². The number of fused-ring (bicyclic) bond motifs is 1. The molecule has 1 aromatic rings. The summed E-state index contributed by atoms with van der Waals surface area (Å²) in [4.78, 5) is 19.7. The number of nitrogens with zero attached hydrogens (tertiary/aromatic N) is 4. The van der Waals surface area contributed by atoms with E-state index in [1.54, 1.807) is 17.3 Å². The Balaban J connectivity index is 1.94. The van der Waals surface area contributed by atoms with E-state index in [-0.39, 0.29) is 12.6 Å². The van der Waals surface area contributed by atoms with Crippen LogP contribution in [0.1, 0.15) is 24.9 Å². The molecule has 0 aromatic carbocycles. The van der Waals surface area contributed by atoms with Crippen LogP contribution in [0.4, 0.5) is 14.5 Å². The average molecular weight is 292 g/mol. The minimum absolute atomic E-state index is 0.0376. The zero-order valence-electron chi connectivity index (χ0n) is 11.5. The number of amides is 1. The lowest BCUT2D eigenvalue weighted by Crippen LogP contribution is -2.39. The molecule has 0 N–H and O–H groups in total. The van der Waals surface area contributed by atoms with Crippen molar-refractivity contribution in [1.82, 2.24) is 15.0 Å². The van der Waals surface area contributed by atoms with Gasteiger partial charge in [-0.3, -0.25) is 14.8 Å². The van der Waals surface area contributed by atoms with Crippen LogP contribution in [0.25, 0.3) is 4.85 Å². The number of halogens is 2. The second-order valence-electron chi connectivity index (χ2n) is 5.65. The molecule has 3 rings (SSSR count). The van der Waals surface area contributed by atoms with Gasteiger partial charge in [0.1, 0.15) is 5.41 Å². The van der Waals surface area contributed by atoms with Gasteiger partial charge in [0.2, 0.25) is 5.69 Å². The van der Waals surface area contributed by atoms with E-state index < -0.39 is 17.7 Å². The Hall–Kier alpha value is -2.07. The molecule has 5 nitrogen and oxygen atoms in total. The van der Waals surface area contributed by atoms with Crippen LogP contribution < -0.4 is 0 Å². The van der Waals surface area contributed by atoms with Crippen molar-refractivity contribution in [2.45, 2.75) is 25.8 Å². The largest absolute Gasteiger partial charge is 0.276 e. The summed E-state index contributed by atoms with van der Waals surface area (Å²) in [5.41, 5.74) is -0.546. The van der Waals surface area contributed by atoms with Gasteiger partial charge in [0.05, 0.1) is 12.6 Å². The lowest BCUT2D eigenvalue weighted by atomic mass is 9.90. The Morgan fingerprint density at radius 2 is 2.29 bits per heavy atom. The van der Waals surface area contributed by atoms with Crippen LogP contribution in [0.5, 0.6) is 0 Å². The highest BCUT2D eigenvalue weighted by Gasteiger charge is 2.57. The summed E-state index contributed by atoms with van der Waals surface area (Å²) in [6.07, 6.45) is 1.00. The normalized spacial score (nSPS) is 29.0. The minimum Gasteiger partial charge on any atom is -0.276 e. The molecule has 110 valence electrons. The van der Waals surface area contributed by atoms with E-state index in [4.69, 9.17) is 6.57 Å². The molecule has 2 fully saturated rings. The van der Waals surface area contributed by atoms with Crippen LogP contribution in [0, 0.1) is 12.0 Å². The van der Waals surface area contributed by atoms with E-state index in [1.807, 2.05) is 0 Å². The molecule has 0 aliphatic carbocycles. The number of hydrazine groups is 1. The van der Waals surface area contributed by atoms with Gasteiger partial charge in [-0.1, -0.05) is 0 Å². The molecule has 0 spiro atoms. The molecule has 7 heteroatoms. The molecule has 2 aliphatic rings. The van der Waals surface area contributed by atoms with Crippen molar-refractivity contribution < 1.29 is 13.6 Å². The van der Waals surface area contributed by atoms with Crippen LogP contribution in [-0.4, -0.2) is 40.4 Å². The van der Waals surface area contributed by atoms with Gasteiger partial charge in [0, 0.05) is 25.5 Å². The average Bonchev–Trinajstić information content (AvgIpc) is 2.99. The summed E-state index contributed by atoms with van der Waals surface area (Å²) < 4.78 is 26.4. The molecule has 21 heavy (non-hydrogen) atoms. The lowest BCUT2D eigenvalue weighted by molar-refractivity contribution is -0.147. The van der Waals surface area contributed by atoms with Gasteiger partial charge >= 0.3 is 0 Å². The van der Waals surface area contributed by atoms with Gasteiger partial charge in [-0.05, 0) is 25.0 Å². The number of hydrogen-bond donors (Lipinski definition) is 0. The molecule has 0 radical (unpaired) electrons. The maximum atomic E-state index is 13.2. The van der Waals surface area contributed by atoms with Crippen LogP contribution in [0.15, 0.2) is 18.5 Å². The summed E-state index contributed by atoms with van der Waals surface area (Å²) in [6.45, 7) is 8.91. The van der Waals surface area contributed by atoms with Gasteiger partial charge in [0.15, 0.2) is 0 Å². The molecule has 2 aliphatic heterocycles. The Kier molecular flexibility index (Phi) is 3.14. The van der Waals surface area contributed by atoms with E-state index in [0.29, 0.717) is 18.7 Å². The molecule has 2 atom stereocenters. The van der Waals surface area contributed by atoms with Crippen molar-refractivity contribution in [2.24, 2.45) is 5.41 Å². The first-order valence-electron chi connectivity index (χ1n) is 6.66. The fourth-order valence-electron chi connectivity index (χ4n) is 2.99. The van der Waals surface area contributed by atoms with Crippen molar-refractivity contribution in [2.75, 3.05) is 13.1 Å². The lowest BCUT2D eigenvalue weighted by Gasteiger charge is -2.26. The highest BCUT2D eigenvalue weighted by Crippen LogP contribution is 2.45. The molecule has 1 amide bonds. The zero-order chi connectivity index (χ0) is 15.2. The molecule has 2 saturated heterocycles. The van der Waals surface area contributed by atoms with Crippen LogP contribution >= 0.6 is 0 Å². The first-order chi connectivity index (χ1) is 9.97. The number of hydrogen-bond acceptors (Lipinski definition) is 3. The molecular formula is C14H14F2N4O. The summed E-state index contributed by atoms with van der Waals surface area (Å²) >= 11 is 0. The predicted octanol–water partition coefficient (Wildman–Crippen LogP) is 2.41. The predicted molar refractivity (Wildman–Crippen MR) is 70.4 cm³/mol. The number of rotatable bonds is 2. The van der Waals surface area contributed by atoms with Gasteiger partial charge < -0.3 is 0 Å². The molecular weight excluding hydrogens is 278 g/mol. The Morgan fingerprint density at radius 1 is 1.52 bits per heavy atom. The van der Waals surface area contributed by atoms with E-state index >= 15 is 0 Å². The van der Waals surface area contributed by atoms with Gasteiger partial charge in [0.25, 0.3) is 12.3 Å². The van der Waals surface area contributed by atoms with Gasteiger partial charge in [-0.25, -0.2) is 18.6 Å². The zero-order valence-corrected chi connectivity index (χ0v) is 11.5. The van der Waals surface area contributed by atoms with Crippen molar-refractivity contribution in [3.05, 3.63) is 35.4 Å². The van der Waals surface area contributed by atoms with Crippen molar-refractivity contribution in [1.29, 1.82) is 0 Å². The van der Waals surface area contributed by atoms with E-state index in [2.05, 4.69) is 9.83 Å². The van der Waals surface area contributed by atoms with E-state index in [9.17, 15) is 13.6 Å². The van der Waals surface area contributed by atoms with Crippen LogP contribution in [0.2, 0.25) is 0 Å². The molecule has 0 bridgehead atoms. The van der Waals surface area contributed by atoms with Crippen LogP contribution in [-0.2, 0) is 4.79 Å². The highest BCUT2D eigenvalue weighted by atomic mass is 19.3. The first-order valence-corrected chi connectivity index (χ1v) is 6.66. The third kappa shape index (κ3) is 1.98. The van der Waals surface area contributed by atoms with Gasteiger partial charge in [-0.15, -0.1) is 0 Å².